The summed E-state index contributed by atoms with van der Waals surface area (Å²) in [6.07, 6.45) is 6.12. The van der Waals surface area contributed by atoms with Crippen molar-refractivity contribution in [1.29, 1.82) is 0 Å². The molecule has 0 bridgehead atoms. The van der Waals surface area contributed by atoms with Crippen LogP contribution >= 0.6 is 0 Å². The van der Waals surface area contributed by atoms with Gasteiger partial charge >= 0.3 is 6.09 Å². The van der Waals surface area contributed by atoms with Gasteiger partial charge in [-0.1, -0.05) is 39.3 Å². The van der Waals surface area contributed by atoms with E-state index < -0.39 is 6.09 Å². The van der Waals surface area contributed by atoms with Crippen LogP contribution in [0.2, 0.25) is 0 Å². The van der Waals surface area contributed by atoms with Gasteiger partial charge in [0.25, 0.3) is 0 Å². The van der Waals surface area contributed by atoms with Crippen LogP contribution in [0.5, 0.6) is 5.75 Å². The third kappa shape index (κ3) is 7.67. The number of carbonyl (C=O) groups is 1. The largest absolute Gasteiger partial charge is 0.493 e. The Morgan fingerprint density at radius 2 is 2.05 bits per heavy atom. The van der Waals surface area contributed by atoms with E-state index in [1.807, 2.05) is 29.6 Å². The predicted octanol–water partition coefficient (Wildman–Crippen LogP) is 3.88. The molecule has 0 aliphatic carbocycles. The van der Waals surface area contributed by atoms with Gasteiger partial charge < -0.3 is 29.5 Å². The number of benzene rings is 1. The first-order chi connectivity index (χ1) is 20.6. The lowest BCUT2D eigenvalue weighted by Gasteiger charge is -2.24. The van der Waals surface area contributed by atoms with Crippen molar-refractivity contribution < 1.29 is 24.1 Å². The molecule has 4 heterocycles. The van der Waals surface area contributed by atoms with Crippen LogP contribution in [0.25, 0.3) is 11.0 Å². The van der Waals surface area contributed by atoms with Crippen molar-refractivity contribution >= 4 is 28.9 Å². The second kappa shape index (κ2) is 15.7. The molecule has 0 radical (unpaired) electrons. The molecule has 1 amide bonds. The molecule has 1 saturated heterocycles. The van der Waals surface area contributed by atoms with E-state index >= 15 is 0 Å². The van der Waals surface area contributed by atoms with Gasteiger partial charge in [-0.15, -0.1) is 0 Å². The lowest BCUT2D eigenvalue weighted by atomic mass is 9.96. The highest BCUT2D eigenvalue weighted by atomic mass is 16.5. The summed E-state index contributed by atoms with van der Waals surface area (Å²) in [5.41, 5.74) is 4.76. The van der Waals surface area contributed by atoms with Crippen LogP contribution < -0.4 is 20.3 Å². The SMILES string of the molecule is CC.CCCCN(CCO)c1nc(NC(=O)OC)nc2cn(Cc3ccc(CNC4CCOC4)c4c3OCCC4)nc12. The molecule has 0 saturated carbocycles. The number of hydrogen-bond acceptors (Lipinski definition) is 10. The molecule has 1 unspecified atom stereocenters. The van der Waals surface area contributed by atoms with Crippen LogP contribution in [0.15, 0.2) is 18.3 Å². The summed E-state index contributed by atoms with van der Waals surface area (Å²) >= 11 is 0. The molecular formula is C30H45N7O5. The van der Waals surface area contributed by atoms with E-state index in [1.165, 1.54) is 18.2 Å². The lowest BCUT2D eigenvalue weighted by Crippen LogP contribution is -2.29. The number of anilines is 2. The van der Waals surface area contributed by atoms with Crippen LogP contribution in [0.4, 0.5) is 16.6 Å². The van der Waals surface area contributed by atoms with Gasteiger partial charge in [0.2, 0.25) is 5.95 Å². The quantitative estimate of drug-likeness (QED) is 0.288. The Morgan fingerprint density at radius 3 is 2.79 bits per heavy atom. The Balaban J connectivity index is 0.00000198. The molecule has 2 aromatic heterocycles. The van der Waals surface area contributed by atoms with Crippen molar-refractivity contribution in [2.24, 2.45) is 0 Å². The number of aliphatic hydroxyl groups is 1. The Hall–Kier alpha value is -3.48. The number of ether oxygens (including phenoxy) is 3. The highest BCUT2D eigenvalue weighted by molar-refractivity contribution is 5.89. The molecule has 2 aliphatic rings. The number of unbranched alkanes of at least 4 members (excludes halogenated alkanes) is 1. The predicted molar refractivity (Wildman–Crippen MR) is 162 cm³/mol. The normalized spacial score (nSPS) is 15.9. The minimum atomic E-state index is -0.654. The Morgan fingerprint density at radius 1 is 1.21 bits per heavy atom. The minimum Gasteiger partial charge on any atom is -0.493 e. The molecule has 2 aliphatic heterocycles. The van der Waals surface area contributed by atoms with Crippen LogP contribution in [-0.2, 0) is 29.0 Å². The second-order valence-electron chi connectivity index (χ2n) is 10.2. The molecule has 230 valence electrons. The van der Waals surface area contributed by atoms with Gasteiger partial charge in [-0.05, 0) is 36.8 Å². The number of carbonyl (C=O) groups excluding carboxylic acids is 1. The smallest absolute Gasteiger partial charge is 0.413 e. The zero-order valence-corrected chi connectivity index (χ0v) is 25.3. The van der Waals surface area contributed by atoms with Gasteiger partial charge in [0.15, 0.2) is 11.3 Å². The van der Waals surface area contributed by atoms with E-state index in [0.717, 1.165) is 63.2 Å². The van der Waals surface area contributed by atoms with Crippen molar-refractivity contribution in [1.82, 2.24) is 25.1 Å². The average molecular weight is 584 g/mol. The highest BCUT2D eigenvalue weighted by Crippen LogP contribution is 2.33. The van der Waals surface area contributed by atoms with Gasteiger partial charge in [0.1, 0.15) is 11.3 Å². The average Bonchev–Trinajstić information content (AvgIpc) is 3.69. The fourth-order valence-electron chi connectivity index (χ4n) is 5.25. The molecule has 12 heteroatoms. The van der Waals surface area contributed by atoms with Crippen LogP contribution in [0.1, 0.15) is 63.1 Å². The summed E-state index contributed by atoms with van der Waals surface area (Å²) < 4.78 is 18.3. The van der Waals surface area contributed by atoms with E-state index in [-0.39, 0.29) is 12.6 Å². The van der Waals surface area contributed by atoms with E-state index in [9.17, 15) is 9.90 Å². The summed E-state index contributed by atoms with van der Waals surface area (Å²) in [6, 6.07) is 4.70. The zero-order chi connectivity index (χ0) is 29.9. The summed E-state index contributed by atoms with van der Waals surface area (Å²) in [5.74, 6) is 1.63. The minimum absolute atomic E-state index is 0.0336. The van der Waals surface area contributed by atoms with Crippen molar-refractivity contribution in [3.63, 3.8) is 0 Å². The number of aliphatic hydroxyl groups excluding tert-OH is 1. The van der Waals surface area contributed by atoms with Gasteiger partial charge in [-0.3, -0.25) is 10.00 Å². The van der Waals surface area contributed by atoms with Crippen LogP contribution in [0, 0.1) is 0 Å². The number of methoxy groups -OCH3 is 1. The standard InChI is InChI=1S/C28H39N7O5.C2H6/c1-3-4-10-34(11-12-36)26-24-23(30-27(31-26)32-28(37)38-2)17-35(33-24)16-20-8-7-19(15-29-21-9-14-39-18-21)22-6-5-13-40-25(20)22;1-2/h7-8,17,21,29,36H,3-6,9-16,18H2,1-2H3,(H,30,32,37);1-2H3. The number of nitrogens with one attached hydrogen (secondary N) is 2. The molecule has 12 nitrogen and oxygen atoms in total. The summed E-state index contributed by atoms with van der Waals surface area (Å²) in [7, 11) is 1.29. The molecule has 3 N–H and O–H groups in total. The first kappa shape index (κ1) is 31.5. The van der Waals surface area contributed by atoms with Crippen LogP contribution in [0.3, 0.4) is 0 Å². The van der Waals surface area contributed by atoms with Gasteiger partial charge in [-0.2, -0.15) is 10.1 Å². The second-order valence-corrected chi connectivity index (χ2v) is 10.2. The number of amides is 1. The Kier molecular flexibility index (Phi) is 11.7. The molecule has 1 atom stereocenters. The summed E-state index contributed by atoms with van der Waals surface area (Å²) in [4.78, 5) is 23.0. The first-order valence-electron chi connectivity index (χ1n) is 15.1. The molecule has 3 aromatic rings. The number of aromatic nitrogens is 4. The molecule has 42 heavy (non-hydrogen) atoms. The highest BCUT2D eigenvalue weighted by Gasteiger charge is 2.23. The zero-order valence-electron chi connectivity index (χ0n) is 25.3. The maximum atomic E-state index is 11.9. The van der Waals surface area contributed by atoms with Crippen molar-refractivity contribution in [3.05, 3.63) is 35.0 Å². The third-order valence-electron chi connectivity index (χ3n) is 7.34. The fourth-order valence-corrected chi connectivity index (χ4v) is 5.25. The monoisotopic (exact) mass is 583 g/mol. The topological polar surface area (TPSA) is 136 Å². The van der Waals surface area contributed by atoms with E-state index in [4.69, 9.17) is 19.3 Å². The lowest BCUT2D eigenvalue weighted by molar-refractivity contribution is 0.186. The summed E-state index contributed by atoms with van der Waals surface area (Å²) in [6.45, 7) is 10.7. The van der Waals surface area contributed by atoms with Crippen LogP contribution in [-0.4, -0.2) is 83.6 Å². The molecule has 0 spiro atoms. The maximum Gasteiger partial charge on any atom is 0.413 e. The van der Waals surface area contributed by atoms with Gasteiger partial charge in [0.05, 0.1) is 39.7 Å². The third-order valence-corrected chi connectivity index (χ3v) is 7.34. The molecule has 5 rings (SSSR count). The molecule has 1 aromatic carbocycles. The maximum absolute atomic E-state index is 11.9. The number of rotatable bonds is 12. The Bertz CT molecular complexity index is 1310. The van der Waals surface area contributed by atoms with Crippen molar-refractivity contribution in [2.75, 3.05) is 56.8 Å². The van der Waals surface area contributed by atoms with Gasteiger partial charge in [0, 0.05) is 37.8 Å². The van der Waals surface area contributed by atoms with E-state index in [0.29, 0.717) is 49.1 Å². The molecular weight excluding hydrogens is 538 g/mol. The number of hydrogen-bond donors (Lipinski definition) is 3. The summed E-state index contributed by atoms with van der Waals surface area (Å²) in [5, 5.41) is 20.8. The van der Waals surface area contributed by atoms with Crippen molar-refractivity contribution in [2.45, 2.75) is 72.0 Å². The van der Waals surface area contributed by atoms with Crippen molar-refractivity contribution in [3.8, 4) is 5.75 Å². The first-order valence-corrected chi connectivity index (χ1v) is 15.1. The number of fused-ring (bicyclic) bond motifs is 2. The molecule has 1 fully saturated rings. The number of nitrogens with zero attached hydrogens (tertiary/aromatic N) is 5. The van der Waals surface area contributed by atoms with Gasteiger partial charge in [-0.25, -0.2) is 9.78 Å². The van der Waals surface area contributed by atoms with E-state index in [2.05, 4.69) is 39.7 Å². The Labute approximate surface area is 247 Å². The van der Waals surface area contributed by atoms with E-state index in [1.54, 1.807) is 0 Å². The fraction of sp³-hybridized carbons (Fsp3) is 0.600.